The van der Waals surface area contributed by atoms with Crippen LogP contribution in [0, 0.1) is 0 Å². The zero-order valence-electron chi connectivity index (χ0n) is 10.2. The molecule has 0 aromatic carbocycles. The van der Waals surface area contributed by atoms with Gasteiger partial charge in [0.25, 0.3) is 0 Å². The molecule has 1 aliphatic rings. The molecule has 0 radical (unpaired) electrons. The third kappa shape index (κ3) is 4.03. The molecule has 0 amide bonds. The molecule has 0 aromatic heterocycles. The molecule has 86 valence electrons. The maximum atomic E-state index is 2.62. The van der Waals surface area contributed by atoms with Gasteiger partial charge in [0.2, 0.25) is 0 Å². The monoisotopic (exact) mass is 235 g/mol. The average Bonchev–Trinajstić information content (AvgIpc) is 2.33. The number of rotatable bonds is 4. The first kappa shape index (κ1) is 12.7. The fourth-order valence-corrected chi connectivity index (χ4v) is 5.05. The lowest BCUT2D eigenvalue weighted by Crippen LogP contribution is -2.26. The summed E-state index contributed by atoms with van der Waals surface area (Å²) in [4.78, 5) is 0. The Kier molecular flexibility index (Phi) is 4.66. The lowest BCUT2D eigenvalue weighted by molar-refractivity contribution is 0.394. The summed E-state index contributed by atoms with van der Waals surface area (Å²) in [5.41, 5.74) is 0. The van der Waals surface area contributed by atoms with Gasteiger partial charge in [-0.05, 0) is 51.2 Å². The molecule has 0 N–H and O–H groups in total. The van der Waals surface area contributed by atoms with Crippen LogP contribution in [0.25, 0.3) is 0 Å². The summed E-state index contributed by atoms with van der Waals surface area (Å²) in [6.07, 6.45) is 9.99. The topological polar surface area (TPSA) is 3.24 Å². The highest BCUT2D eigenvalue weighted by molar-refractivity contribution is 8.32. The van der Waals surface area contributed by atoms with Crippen LogP contribution in [0.4, 0.5) is 0 Å². The summed E-state index contributed by atoms with van der Waals surface area (Å²) in [7, 11) is -0.298. The molecule has 1 nitrogen and oxygen atoms in total. The third-order valence-electron chi connectivity index (χ3n) is 2.81. The van der Waals surface area contributed by atoms with Crippen molar-refractivity contribution in [2.75, 3.05) is 30.3 Å². The molecule has 0 spiro atoms. The van der Waals surface area contributed by atoms with E-state index in [1.807, 2.05) is 0 Å². The Morgan fingerprint density at radius 3 is 2.07 bits per heavy atom. The normalized spacial score (nSPS) is 30.9. The van der Waals surface area contributed by atoms with Crippen LogP contribution in [-0.4, -0.2) is 46.7 Å². The molecule has 3 heteroatoms. The Morgan fingerprint density at radius 2 is 1.64 bits per heavy atom. The molecular weight excluding hydrogens is 210 g/mol. The van der Waals surface area contributed by atoms with E-state index in [2.05, 4.69) is 48.9 Å². The van der Waals surface area contributed by atoms with Crippen LogP contribution in [0.5, 0.6) is 0 Å². The van der Waals surface area contributed by atoms with Crippen molar-refractivity contribution in [3.8, 4) is 0 Å². The molecule has 1 aliphatic heterocycles. The van der Waals surface area contributed by atoms with E-state index in [1.54, 1.807) is 0 Å². The maximum Gasteiger partial charge on any atom is 0.0177 e. The van der Waals surface area contributed by atoms with Gasteiger partial charge in [0.15, 0.2) is 0 Å². The first-order valence-corrected chi connectivity index (χ1v) is 9.44. The number of hydrogen-bond acceptors (Lipinski definition) is 2. The Morgan fingerprint density at radius 1 is 1.14 bits per heavy atom. The second-order valence-corrected chi connectivity index (χ2v) is 10.9. The molecule has 2 atom stereocenters. The van der Waals surface area contributed by atoms with Gasteiger partial charge in [0.1, 0.15) is 0 Å². The van der Waals surface area contributed by atoms with E-state index >= 15 is 0 Å². The molecule has 0 aromatic rings. The second-order valence-electron chi connectivity index (χ2n) is 5.26. The standard InChI is InChI=1S/C11H25NS2/c1-10-6-7-11(2)12(10)13-8-9-14(3,4)5/h10-11H,6-9H2,1-5H3. The maximum absolute atomic E-state index is 2.62. The highest BCUT2D eigenvalue weighted by atomic mass is 32.3. The van der Waals surface area contributed by atoms with Crippen molar-refractivity contribution in [3.05, 3.63) is 0 Å². The molecule has 1 heterocycles. The van der Waals surface area contributed by atoms with E-state index in [0.717, 1.165) is 12.1 Å². The fraction of sp³-hybridized carbons (Fsp3) is 1.00. The largest absolute Gasteiger partial charge is 0.249 e. The van der Waals surface area contributed by atoms with Gasteiger partial charge in [0, 0.05) is 17.8 Å². The van der Waals surface area contributed by atoms with Gasteiger partial charge in [-0.25, -0.2) is 14.3 Å². The first-order valence-electron chi connectivity index (χ1n) is 5.47. The molecule has 1 fully saturated rings. The van der Waals surface area contributed by atoms with Gasteiger partial charge in [-0.15, -0.1) is 0 Å². The molecule has 1 rings (SSSR count). The summed E-state index contributed by atoms with van der Waals surface area (Å²) < 4.78 is 2.62. The molecule has 0 bridgehead atoms. The average molecular weight is 235 g/mol. The summed E-state index contributed by atoms with van der Waals surface area (Å²) in [5.74, 6) is 2.71. The van der Waals surface area contributed by atoms with Crippen LogP contribution in [0.3, 0.4) is 0 Å². The SMILES string of the molecule is CC1CCC(C)N1SCCS(C)(C)C. The Hall–Kier alpha value is 0.660. The van der Waals surface area contributed by atoms with Gasteiger partial charge in [0.05, 0.1) is 0 Å². The molecule has 0 saturated carbocycles. The van der Waals surface area contributed by atoms with Gasteiger partial charge in [-0.1, -0.05) is 11.9 Å². The number of nitrogens with zero attached hydrogens (tertiary/aromatic N) is 1. The predicted octanol–water partition coefficient (Wildman–Crippen LogP) is 3.20. The molecule has 14 heavy (non-hydrogen) atoms. The summed E-state index contributed by atoms with van der Waals surface area (Å²) in [5, 5.41) is 0. The van der Waals surface area contributed by atoms with Crippen molar-refractivity contribution in [1.29, 1.82) is 0 Å². The van der Waals surface area contributed by atoms with Crippen molar-refractivity contribution in [1.82, 2.24) is 4.31 Å². The van der Waals surface area contributed by atoms with E-state index in [-0.39, 0.29) is 10.0 Å². The number of hydrogen-bond donors (Lipinski definition) is 0. The van der Waals surface area contributed by atoms with Crippen molar-refractivity contribution in [3.63, 3.8) is 0 Å². The Bertz CT molecular complexity index is 167. The zero-order chi connectivity index (χ0) is 10.8. The minimum atomic E-state index is -0.298. The van der Waals surface area contributed by atoms with Gasteiger partial charge < -0.3 is 0 Å². The van der Waals surface area contributed by atoms with Crippen LogP contribution >= 0.6 is 22.0 Å². The lowest BCUT2D eigenvalue weighted by atomic mass is 10.2. The van der Waals surface area contributed by atoms with Gasteiger partial charge in [-0.3, -0.25) is 0 Å². The molecule has 0 aliphatic carbocycles. The summed E-state index contributed by atoms with van der Waals surface area (Å²) >= 11 is 2.08. The van der Waals surface area contributed by atoms with Crippen LogP contribution < -0.4 is 0 Å². The molecular formula is C11H25NS2. The van der Waals surface area contributed by atoms with Crippen LogP contribution in [-0.2, 0) is 0 Å². The van der Waals surface area contributed by atoms with Crippen molar-refractivity contribution < 1.29 is 0 Å². The van der Waals surface area contributed by atoms with E-state index < -0.39 is 0 Å². The van der Waals surface area contributed by atoms with E-state index in [0.29, 0.717) is 0 Å². The zero-order valence-corrected chi connectivity index (χ0v) is 11.9. The third-order valence-corrected chi connectivity index (χ3v) is 5.90. The highest BCUT2D eigenvalue weighted by Gasteiger charge is 2.27. The highest BCUT2D eigenvalue weighted by Crippen LogP contribution is 2.37. The summed E-state index contributed by atoms with van der Waals surface area (Å²) in [6, 6.07) is 1.59. The van der Waals surface area contributed by atoms with Crippen LogP contribution in [0.2, 0.25) is 0 Å². The van der Waals surface area contributed by atoms with Gasteiger partial charge >= 0.3 is 0 Å². The summed E-state index contributed by atoms with van der Waals surface area (Å²) in [6.45, 7) is 4.72. The molecule has 1 saturated heterocycles. The van der Waals surface area contributed by atoms with Crippen molar-refractivity contribution in [2.24, 2.45) is 0 Å². The minimum absolute atomic E-state index is 0.298. The van der Waals surface area contributed by atoms with Crippen molar-refractivity contribution >= 4 is 22.0 Å². The minimum Gasteiger partial charge on any atom is -0.249 e. The quantitative estimate of drug-likeness (QED) is 0.689. The Balaban J connectivity index is 2.24. The van der Waals surface area contributed by atoms with E-state index in [4.69, 9.17) is 0 Å². The van der Waals surface area contributed by atoms with Crippen LogP contribution in [0.15, 0.2) is 0 Å². The fourth-order valence-electron chi connectivity index (χ4n) is 1.82. The van der Waals surface area contributed by atoms with E-state index in [9.17, 15) is 0 Å². The first-order chi connectivity index (χ1) is 6.40. The Labute approximate surface area is 95.5 Å². The predicted molar refractivity (Wildman–Crippen MR) is 72.7 cm³/mol. The molecule has 2 unspecified atom stereocenters. The second kappa shape index (κ2) is 5.13. The van der Waals surface area contributed by atoms with Crippen LogP contribution in [0.1, 0.15) is 26.7 Å². The van der Waals surface area contributed by atoms with E-state index in [1.165, 1.54) is 24.3 Å². The van der Waals surface area contributed by atoms with Crippen molar-refractivity contribution in [2.45, 2.75) is 38.8 Å². The smallest absolute Gasteiger partial charge is 0.0177 e. The lowest BCUT2D eigenvalue weighted by Gasteiger charge is -2.29. The van der Waals surface area contributed by atoms with Gasteiger partial charge in [-0.2, -0.15) is 0 Å².